The van der Waals surface area contributed by atoms with E-state index in [1.54, 1.807) is 0 Å². The number of aliphatic hydroxyl groups excluding tert-OH is 3. The van der Waals surface area contributed by atoms with E-state index in [0.717, 1.165) is 0 Å². The van der Waals surface area contributed by atoms with Crippen LogP contribution in [0.2, 0.25) is 0 Å². The summed E-state index contributed by atoms with van der Waals surface area (Å²) in [6.07, 6.45) is -0.0521. The van der Waals surface area contributed by atoms with E-state index in [-0.39, 0.29) is 11.8 Å². The van der Waals surface area contributed by atoms with Gasteiger partial charge in [-0.3, -0.25) is 0 Å². The van der Waals surface area contributed by atoms with Crippen LogP contribution in [-0.2, 0) is 0 Å². The molecule has 3 unspecified atom stereocenters. The van der Waals surface area contributed by atoms with Gasteiger partial charge in [0.05, 0.1) is 18.3 Å². The molecule has 0 radical (unpaired) electrons. The first-order valence-electron chi connectivity index (χ1n) is 3.74. The molecule has 2 saturated carbocycles. The molecular formula is C7H12O3. The van der Waals surface area contributed by atoms with Crippen LogP contribution in [0.1, 0.15) is 12.8 Å². The van der Waals surface area contributed by atoms with E-state index in [2.05, 4.69) is 0 Å². The van der Waals surface area contributed by atoms with E-state index in [9.17, 15) is 15.3 Å². The van der Waals surface area contributed by atoms with Crippen molar-refractivity contribution in [3.8, 4) is 0 Å². The highest BCUT2D eigenvalue weighted by Crippen LogP contribution is 2.44. The summed E-state index contributed by atoms with van der Waals surface area (Å²) in [4.78, 5) is 0. The van der Waals surface area contributed by atoms with Crippen molar-refractivity contribution in [2.24, 2.45) is 11.8 Å². The van der Waals surface area contributed by atoms with Gasteiger partial charge in [0.1, 0.15) is 0 Å². The van der Waals surface area contributed by atoms with Crippen LogP contribution in [0.25, 0.3) is 0 Å². The van der Waals surface area contributed by atoms with Gasteiger partial charge in [-0.05, 0) is 18.8 Å². The zero-order valence-corrected chi connectivity index (χ0v) is 5.64. The standard InChI is InChI=1S/C7H12O3/c8-4-1-3-2-5(9)6(4)7(3)10/h3-10H,1-2H2. The Labute approximate surface area is 59.3 Å². The number of hydrogen-bond donors (Lipinski definition) is 3. The second kappa shape index (κ2) is 1.94. The Balaban J connectivity index is 2.19. The summed E-state index contributed by atoms with van der Waals surface area (Å²) in [5, 5.41) is 27.8. The van der Waals surface area contributed by atoms with Crippen molar-refractivity contribution in [2.75, 3.05) is 0 Å². The molecule has 0 spiro atoms. The second-order valence-corrected chi connectivity index (χ2v) is 3.43. The molecule has 0 heterocycles. The molecule has 3 heteroatoms. The van der Waals surface area contributed by atoms with Gasteiger partial charge >= 0.3 is 0 Å². The van der Waals surface area contributed by atoms with Crippen LogP contribution < -0.4 is 0 Å². The van der Waals surface area contributed by atoms with Crippen LogP contribution in [0.3, 0.4) is 0 Å². The third-order valence-electron chi connectivity index (χ3n) is 2.85. The fourth-order valence-corrected chi connectivity index (χ4v) is 2.34. The van der Waals surface area contributed by atoms with Crippen molar-refractivity contribution in [1.82, 2.24) is 0 Å². The van der Waals surface area contributed by atoms with Crippen molar-refractivity contribution < 1.29 is 15.3 Å². The van der Waals surface area contributed by atoms with Gasteiger partial charge in [0.2, 0.25) is 0 Å². The zero-order chi connectivity index (χ0) is 7.30. The minimum absolute atomic E-state index is 0.148. The first-order valence-corrected chi connectivity index (χ1v) is 3.74. The first kappa shape index (κ1) is 6.58. The van der Waals surface area contributed by atoms with E-state index in [1.807, 2.05) is 0 Å². The molecule has 2 aliphatic rings. The van der Waals surface area contributed by atoms with Crippen LogP contribution in [0.15, 0.2) is 0 Å². The van der Waals surface area contributed by atoms with E-state index in [4.69, 9.17) is 0 Å². The molecule has 0 aromatic heterocycles. The minimum Gasteiger partial charge on any atom is -0.393 e. The summed E-state index contributed by atoms with van der Waals surface area (Å²) in [7, 11) is 0. The Morgan fingerprint density at radius 2 is 1.40 bits per heavy atom. The van der Waals surface area contributed by atoms with Crippen LogP contribution in [0.5, 0.6) is 0 Å². The molecule has 2 aliphatic carbocycles. The molecule has 3 nitrogen and oxygen atoms in total. The Hall–Kier alpha value is -0.120. The highest BCUT2D eigenvalue weighted by atomic mass is 16.3. The van der Waals surface area contributed by atoms with E-state index in [0.29, 0.717) is 12.8 Å². The quantitative estimate of drug-likeness (QED) is 0.413. The minimum atomic E-state index is -0.469. The SMILES string of the molecule is OC1CC2CC(O)C1C2O. The topological polar surface area (TPSA) is 60.7 Å². The molecule has 58 valence electrons. The molecule has 0 amide bonds. The molecule has 2 fully saturated rings. The first-order chi connectivity index (χ1) is 4.70. The maximum Gasteiger partial charge on any atom is 0.0647 e. The summed E-state index contributed by atoms with van der Waals surface area (Å²) in [6, 6.07) is 0. The molecule has 0 aromatic rings. The Bertz CT molecular complexity index is 136. The molecule has 3 atom stereocenters. The third kappa shape index (κ3) is 0.654. The molecular weight excluding hydrogens is 132 g/mol. The van der Waals surface area contributed by atoms with E-state index in [1.165, 1.54) is 0 Å². The molecule has 2 rings (SSSR count). The monoisotopic (exact) mass is 144 g/mol. The van der Waals surface area contributed by atoms with Gasteiger partial charge < -0.3 is 15.3 Å². The van der Waals surface area contributed by atoms with Crippen molar-refractivity contribution in [3.63, 3.8) is 0 Å². The van der Waals surface area contributed by atoms with Gasteiger partial charge in [0.15, 0.2) is 0 Å². The molecule has 0 saturated heterocycles. The lowest BCUT2D eigenvalue weighted by Crippen LogP contribution is -2.30. The van der Waals surface area contributed by atoms with Gasteiger partial charge in [-0.15, -0.1) is 0 Å². The van der Waals surface area contributed by atoms with Crippen LogP contribution in [0.4, 0.5) is 0 Å². The maximum absolute atomic E-state index is 9.35. The average molecular weight is 144 g/mol. The molecule has 2 bridgehead atoms. The predicted octanol–water partition coefficient (Wildman–Crippen LogP) is -0.891. The Kier molecular flexibility index (Phi) is 1.27. The summed E-state index contributed by atoms with van der Waals surface area (Å²) in [5.74, 6) is -0.111. The van der Waals surface area contributed by atoms with Crippen molar-refractivity contribution in [3.05, 3.63) is 0 Å². The second-order valence-electron chi connectivity index (χ2n) is 3.43. The van der Waals surface area contributed by atoms with Gasteiger partial charge in [-0.2, -0.15) is 0 Å². The van der Waals surface area contributed by atoms with Crippen molar-refractivity contribution >= 4 is 0 Å². The van der Waals surface area contributed by atoms with E-state index < -0.39 is 18.3 Å². The summed E-state index contributed by atoms with van der Waals surface area (Å²) in [6.45, 7) is 0. The fourth-order valence-electron chi connectivity index (χ4n) is 2.34. The number of hydrogen-bond acceptors (Lipinski definition) is 3. The normalized spacial score (nSPS) is 59.7. The van der Waals surface area contributed by atoms with Gasteiger partial charge in [-0.1, -0.05) is 0 Å². The Morgan fingerprint density at radius 3 is 1.60 bits per heavy atom. The van der Waals surface area contributed by atoms with Gasteiger partial charge in [0.25, 0.3) is 0 Å². The van der Waals surface area contributed by atoms with Crippen molar-refractivity contribution in [2.45, 2.75) is 31.2 Å². The summed E-state index contributed by atoms with van der Waals surface area (Å²) in [5.41, 5.74) is 0. The molecule has 0 aliphatic heterocycles. The Morgan fingerprint density at radius 1 is 0.900 bits per heavy atom. The smallest absolute Gasteiger partial charge is 0.0647 e. The number of rotatable bonds is 0. The highest BCUT2D eigenvalue weighted by Gasteiger charge is 2.51. The zero-order valence-electron chi connectivity index (χ0n) is 5.64. The lowest BCUT2D eigenvalue weighted by molar-refractivity contribution is -0.00160. The lowest BCUT2D eigenvalue weighted by atomic mass is 9.95. The average Bonchev–Trinajstić information content (AvgIpc) is 2.20. The third-order valence-corrected chi connectivity index (χ3v) is 2.85. The van der Waals surface area contributed by atoms with Crippen LogP contribution in [-0.4, -0.2) is 33.6 Å². The molecule has 0 aromatic carbocycles. The van der Waals surface area contributed by atoms with Gasteiger partial charge in [-0.25, -0.2) is 0 Å². The highest BCUT2D eigenvalue weighted by molar-refractivity contribution is 5.02. The summed E-state index contributed by atoms with van der Waals surface area (Å²) < 4.78 is 0. The fraction of sp³-hybridized carbons (Fsp3) is 1.00. The largest absolute Gasteiger partial charge is 0.393 e. The van der Waals surface area contributed by atoms with E-state index >= 15 is 0 Å². The maximum atomic E-state index is 9.35. The molecule has 3 N–H and O–H groups in total. The number of aliphatic hydroxyl groups is 3. The summed E-state index contributed by atoms with van der Waals surface area (Å²) >= 11 is 0. The lowest BCUT2D eigenvalue weighted by Gasteiger charge is -2.20. The van der Waals surface area contributed by atoms with Crippen molar-refractivity contribution in [1.29, 1.82) is 0 Å². The van der Waals surface area contributed by atoms with Crippen LogP contribution >= 0.6 is 0 Å². The molecule has 10 heavy (non-hydrogen) atoms. The number of fused-ring (bicyclic) bond motifs is 2. The van der Waals surface area contributed by atoms with Crippen LogP contribution in [0, 0.1) is 11.8 Å². The van der Waals surface area contributed by atoms with Gasteiger partial charge in [0, 0.05) is 5.92 Å². The predicted molar refractivity (Wildman–Crippen MR) is 34.2 cm³/mol.